The lowest BCUT2D eigenvalue weighted by Gasteiger charge is -2.21. The van der Waals surface area contributed by atoms with Gasteiger partial charge >= 0.3 is 5.97 Å². The number of nitrogens with one attached hydrogen (secondary N) is 1. The number of amides is 1. The van der Waals surface area contributed by atoms with E-state index in [1.807, 2.05) is 4.68 Å². The van der Waals surface area contributed by atoms with E-state index in [0.717, 1.165) is 32.6 Å². The number of anilines is 1. The molecule has 0 aliphatic carbocycles. The third-order valence-corrected chi connectivity index (χ3v) is 4.25. The summed E-state index contributed by atoms with van der Waals surface area (Å²) in [7, 11) is 1.29. The highest BCUT2D eigenvalue weighted by Gasteiger charge is 2.18. The molecule has 132 valence electrons. The minimum atomic E-state index is -0.541. The largest absolute Gasteiger partial charge is 0.465 e. The van der Waals surface area contributed by atoms with Gasteiger partial charge < -0.3 is 14.8 Å². The summed E-state index contributed by atoms with van der Waals surface area (Å²) in [6, 6.07) is 6.55. The number of rotatable bonds is 5. The SMILES string of the molecule is COC(=O)c1ccccc1C(=O)Nc1cnn(CC2CCOCC2)c1. The smallest absolute Gasteiger partial charge is 0.338 e. The zero-order valence-corrected chi connectivity index (χ0v) is 14.1. The molecule has 1 aromatic carbocycles. The summed E-state index contributed by atoms with van der Waals surface area (Å²) < 4.78 is 11.9. The Balaban J connectivity index is 1.67. The van der Waals surface area contributed by atoms with Gasteiger partial charge in [-0.25, -0.2) is 4.79 Å². The summed E-state index contributed by atoms with van der Waals surface area (Å²) in [5.74, 6) is -0.371. The van der Waals surface area contributed by atoms with E-state index in [-0.39, 0.29) is 17.0 Å². The fourth-order valence-corrected chi connectivity index (χ4v) is 2.89. The van der Waals surface area contributed by atoms with Gasteiger partial charge in [0.05, 0.1) is 30.1 Å². The van der Waals surface area contributed by atoms with Gasteiger partial charge in [-0.05, 0) is 30.9 Å². The maximum atomic E-state index is 12.5. The lowest BCUT2D eigenvalue weighted by Crippen LogP contribution is -2.20. The molecule has 7 nitrogen and oxygen atoms in total. The first-order chi connectivity index (χ1) is 12.2. The fourth-order valence-electron chi connectivity index (χ4n) is 2.89. The highest BCUT2D eigenvalue weighted by Crippen LogP contribution is 2.18. The summed E-state index contributed by atoms with van der Waals surface area (Å²) in [4.78, 5) is 24.3. The van der Waals surface area contributed by atoms with Crippen LogP contribution in [0.4, 0.5) is 5.69 Å². The predicted molar refractivity (Wildman–Crippen MR) is 91.5 cm³/mol. The molecule has 0 atom stereocenters. The van der Waals surface area contributed by atoms with Crippen LogP contribution in [0.1, 0.15) is 33.6 Å². The minimum absolute atomic E-state index is 0.233. The van der Waals surface area contributed by atoms with Crippen molar-refractivity contribution in [3.05, 3.63) is 47.8 Å². The molecule has 0 spiro atoms. The molecule has 1 aromatic heterocycles. The molecule has 1 aliphatic rings. The zero-order chi connectivity index (χ0) is 17.6. The number of aromatic nitrogens is 2. The summed E-state index contributed by atoms with van der Waals surface area (Å²) in [6.07, 6.45) is 5.45. The summed E-state index contributed by atoms with van der Waals surface area (Å²) in [6.45, 7) is 2.39. The molecule has 1 aliphatic heterocycles. The van der Waals surface area contributed by atoms with Gasteiger partial charge in [0.15, 0.2) is 0 Å². The first-order valence-electron chi connectivity index (χ1n) is 8.26. The van der Waals surface area contributed by atoms with Gasteiger partial charge in [0.1, 0.15) is 0 Å². The molecule has 0 radical (unpaired) electrons. The van der Waals surface area contributed by atoms with E-state index in [0.29, 0.717) is 11.6 Å². The van der Waals surface area contributed by atoms with E-state index in [1.165, 1.54) is 7.11 Å². The molecule has 0 saturated carbocycles. The molecular weight excluding hydrogens is 322 g/mol. The standard InChI is InChI=1S/C18H21N3O4/c1-24-18(23)16-5-3-2-4-15(16)17(22)20-14-10-19-21(12-14)11-13-6-8-25-9-7-13/h2-5,10,12-13H,6-9,11H2,1H3,(H,20,22). The molecule has 1 N–H and O–H groups in total. The third kappa shape index (κ3) is 4.24. The Bertz CT molecular complexity index is 750. The normalized spacial score (nSPS) is 14.9. The van der Waals surface area contributed by atoms with Crippen molar-refractivity contribution in [1.82, 2.24) is 9.78 Å². The van der Waals surface area contributed by atoms with E-state index in [4.69, 9.17) is 9.47 Å². The van der Waals surface area contributed by atoms with Crippen molar-refractivity contribution in [3.8, 4) is 0 Å². The van der Waals surface area contributed by atoms with Crippen molar-refractivity contribution in [1.29, 1.82) is 0 Å². The van der Waals surface area contributed by atoms with Crippen molar-refractivity contribution in [3.63, 3.8) is 0 Å². The maximum absolute atomic E-state index is 12.5. The highest BCUT2D eigenvalue weighted by atomic mass is 16.5. The lowest BCUT2D eigenvalue weighted by atomic mass is 10.0. The Morgan fingerprint density at radius 3 is 2.72 bits per heavy atom. The number of nitrogens with zero attached hydrogens (tertiary/aromatic N) is 2. The van der Waals surface area contributed by atoms with Crippen molar-refractivity contribution in [2.45, 2.75) is 19.4 Å². The Labute approximate surface area is 145 Å². The van der Waals surface area contributed by atoms with Gasteiger partial charge in [-0.3, -0.25) is 9.48 Å². The van der Waals surface area contributed by atoms with Crippen LogP contribution in [0.3, 0.4) is 0 Å². The molecule has 25 heavy (non-hydrogen) atoms. The molecule has 0 bridgehead atoms. The predicted octanol–water partition coefficient (Wildman–Crippen LogP) is 2.35. The van der Waals surface area contributed by atoms with Crippen LogP contribution < -0.4 is 5.32 Å². The maximum Gasteiger partial charge on any atom is 0.338 e. The molecule has 1 saturated heterocycles. The van der Waals surface area contributed by atoms with Crippen LogP contribution in [0.25, 0.3) is 0 Å². The van der Waals surface area contributed by atoms with Crippen LogP contribution in [-0.4, -0.2) is 42.0 Å². The number of hydrogen-bond acceptors (Lipinski definition) is 5. The molecule has 0 unspecified atom stereocenters. The van der Waals surface area contributed by atoms with Gasteiger partial charge in [0.25, 0.3) is 5.91 Å². The topological polar surface area (TPSA) is 82.5 Å². The first kappa shape index (κ1) is 17.2. The molecule has 1 fully saturated rings. The molecule has 3 rings (SSSR count). The minimum Gasteiger partial charge on any atom is -0.465 e. The van der Waals surface area contributed by atoms with Crippen LogP contribution in [-0.2, 0) is 16.0 Å². The molecule has 1 amide bonds. The lowest BCUT2D eigenvalue weighted by molar-refractivity contribution is 0.0595. The van der Waals surface area contributed by atoms with Gasteiger partial charge in [-0.15, -0.1) is 0 Å². The summed E-state index contributed by atoms with van der Waals surface area (Å²) in [5, 5.41) is 7.08. The number of methoxy groups -OCH3 is 1. The fraction of sp³-hybridized carbons (Fsp3) is 0.389. The summed E-state index contributed by atoms with van der Waals surface area (Å²) >= 11 is 0. The van der Waals surface area contributed by atoms with Crippen molar-refractivity contribution in [2.24, 2.45) is 5.92 Å². The van der Waals surface area contributed by atoms with Gasteiger partial charge in [0.2, 0.25) is 0 Å². The second-order valence-electron chi connectivity index (χ2n) is 6.00. The first-order valence-corrected chi connectivity index (χ1v) is 8.26. The second-order valence-corrected chi connectivity index (χ2v) is 6.00. The summed E-state index contributed by atoms with van der Waals surface area (Å²) in [5.41, 5.74) is 1.10. The number of ether oxygens (including phenoxy) is 2. The van der Waals surface area contributed by atoms with E-state index in [2.05, 4.69) is 10.4 Å². The molecule has 2 heterocycles. The van der Waals surface area contributed by atoms with Crippen LogP contribution in [0, 0.1) is 5.92 Å². The van der Waals surface area contributed by atoms with E-state index < -0.39 is 5.97 Å². The Morgan fingerprint density at radius 1 is 1.28 bits per heavy atom. The van der Waals surface area contributed by atoms with Crippen molar-refractivity contribution < 1.29 is 19.1 Å². The number of benzene rings is 1. The number of esters is 1. The van der Waals surface area contributed by atoms with Crippen LogP contribution in [0.2, 0.25) is 0 Å². The quantitative estimate of drug-likeness (QED) is 0.843. The van der Waals surface area contributed by atoms with Gasteiger partial charge in [0, 0.05) is 26.0 Å². The highest BCUT2D eigenvalue weighted by molar-refractivity contribution is 6.10. The average molecular weight is 343 g/mol. The number of carbonyl (C=O) groups excluding carboxylic acids is 2. The van der Waals surface area contributed by atoms with Crippen molar-refractivity contribution >= 4 is 17.6 Å². The zero-order valence-electron chi connectivity index (χ0n) is 14.1. The van der Waals surface area contributed by atoms with E-state index in [1.54, 1.807) is 36.7 Å². The van der Waals surface area contributed by atoms with Crippen LogP contribution >= 0.6 is 0 Å². The Morgan fingerprint density at radius 2 is 2.00 bits per heavy atom. The molecule has 7 heteroatoms. The number of carbonyl (C=O) groups is 2. The second kappa shape index (κ2) is 7.94. The van der Waals surface area contributed by atoms with Crippen LogP contribution in [0.5, 0.6) is 0 Å². The average Bonchev–Trinajstić information content (AvgIpc) is 3.08. The monoisotopic (exact) mass is 343 g/mol. The van der Waals surface area contributed by atoms with E-state index >= 15 is 0 Å². The third-order valence-electron chi connectivity index (χ3n) is 4.25. The van der Waals surface area contributed by atoms with Gasteiger partial charge in [-0.2, -0.15) is 5.10 Å². The Hall–Kier alpha value is -2.67. The number of hydrogen-bond donors (Lipinski definition) is 1. The van der Waals surface area contributed by atoms with E-state index in [9.17, 15) is 9.59 Å². The van der Waals surface area contributed by atoms with Crippen LogP contribution in [0.15, 0.2) is 36.7 Å². The Kier molecular flexibility index (Phi) is 5.45. The molecular formula is C18H21N3O4. The molecule has 2 aromatic rings. The van der Waals surface area contributed by atoms with Gasteiger partial charge in [-0.1, -0.05) is 12.1 Å². The van der Waals surface area contributed by atoms with Crippen molar-refractivity contribution in [2.75, 3.05) is 25.6 Å².